The van der Waals surface area contributed by atoms with E-state index in [1.54, 1.807) is 0 Å². The molecule has 0 unspecified atom stereocenters. The molecule has 2 aliphatic carbocycles. The van der Waals surface area contributed by atoms with E-state index in [2.05, 4.69) is 0 Å². The number of esters is 2. The van der Waals surface area contributed by atoms with E-state index in [1.165, 1.54) is 62.6 Å². The third-order valence-corrected chi connectivity index (χ3v) is 6.56. The molecule has 6 nitrogen and oxygen atoms in total. The van der Waals surface area contributed by atoms with Gasteiger partial charge in [-0.3, -0.25) is 9.59 Å². The summed E-state index contributed by atoms with van der Waals surface area (Å²) in [6, 6.07) is 0. The Labute approximate surface area is 183 Å². The van der Waals surface area contributed by atoms with Crippen molar-refractivity contribution in [1.82, 2.24) is 0 Å². The Hall–Kier alpha value is -0.440. The van der Waals surface area contributed by atoms with Gasteiger partial charge in [-0.05, 0) is 38.5 Å². The fraction of sp³-hybridized carbons (Fsp3) is 0.905. The van der Waals surface area contributed by atoms with Crippen LogP contribution >= 0.6 is 24.1 Å². The van der Waals surface area contributed by atoms with Gasteiger partial charge in [0.1, 0.15) is 0 Å². The van der Waals surface area contributed by atoms with E-state index >= 15 is 0 Å². The van der Waals surface area contributed by atoms with E-state index in [4.69, 9.17) is 17.8 Å². The van der Waals surface area contributed by atoms with Crippen LogP contribution in [0.5, 0.6) is 0 Å². The fourth-order valence-corrected chi connectivity index (χ4v) is 4.85. The number of carbonyl (C=O) groups excluding carboxylic acids is 2. The Morgan fingerprint density at radius 1 is 0.621 bits per heavy atom. The average molecular weight is 449 g/mol. The highest BCUT2D eigenvalue weighted by Gasteiger charge is 2.15. The maximum absolute atomic E-state index is 11.7. The highest BCUT2D eigenvalue weighted by Crippen LogP contribution is 2.25. The Morgan fingerprint density at radius 3 is 1.45 bits per heavy atom. The molecule has 0 spiro atoms. The summed E-state index contributed by atoms with van der Waals surface area (Å²) in [5, 5.41) is 0. The molecule has 0 atom stereocenters. The van der Waals surface area contributed by atoms with Gasteiger partial charge in [0.2, 0.25) is 0 Å². The summed E-state index contributed by atoms with van der Waals surface area (Å²) in [4.78, 5) is 23.4. The summed E-state index contributed by atoms with van der Waals surface area (Å²) in [5.74, 6) is 0.0944. The van der Waals surface area contributed by atoms with Crippen molar-refractivity contribution in [3.8, 4) is 0 Å². The van der Waals surface area contributed by atoms with E-state index in [-0.39, 0.29) is 23.8 Å². The van der Waals surface area contributed by atoms with Crippen molar-refractivity contribution in [2.75, 3.05) is 11.9 Å². The summed E-state index contributed by atoms with van der Waals surface area (Å²) in [7, 11) is 0. The lowest BCUT2D eigenvalue weighted by atomic mass is 9.98. The Kier molecular flexibility index (Phi) is 13.9. The molecule has 168 valence electrons. The monoisotopic (exact) mass is 448 g/mol. The molecule has 2 fully saturated rings. The standard InChI is InChI=1S/C21H36O6S2/c22-20(24-16-28-26-18-10-4-1-5-11-18)14-8-3-9-15-21(23)25-17-29-27-19-12-6-2-7-13-19/h18-19H,1-17H2. The molecule has 0 N–H and O–H groups in total. The smallest absolute Gasteiger partial charge is 0.306 e. The minimum absolute atomic E-state index is 0.205. The normalized spacial score (nSPS) is 18.5. The molecule has 0 aliphatic heterocycles. The second kappa shape index (κ2) is 16.3. The van der Waals surface area contributed by atoms with Crippen LogP contribution in [0.15, 0.2) is 0 Å². The molecule has 0 saturated heterocycles. The predicted octanol–water partition coefficient (Wildman–Crippen LogP) is 5.93. The molecule has 0 amide bonds. The molecular weight excluding hydrogens is 412 g/mol. The molecule has 0 aromatic carbocycles. The second-order valence-corrected chi connectivity index (χ2v) is 9.10. The minimum atomic E-state index is -0.205. The van der Waals surface area contributed by atoms with Crippen molar-refractivity contribution < 1.29 is 27.4 Å². The van der Waals surface area contributed by atoms with Crippen LogP contribution in [0.1, 0.15) is 96.3 Å². The van der Waals surface area contributed by atoms with E-state index in [9.17, 15) is 9.59 Å². The van der Waals surface area contributed by atoms with Crippen LogP contribution in [-0.4, -0.2) is 36.0 Å². The quantitative estimate of drug-likeness (QED) is 0.140. The van der Waals surface area contributed by atoms with E-state index in [0.717, 1.165) is 44.9 Å². The van der Waals surface area contributed by atoms with Gasteiger partial charge in [0, 0.05) is 36.9 Å². The lowest BCUT2D eigenvalue weighted by molar-refractivity contribution is -0.142. The van der Waals surface area contributed by atoms with Crippen molar-refractivity contribution in [3.05, 3.63) is 0 Å². The molecule has 0 bridgehead atoms. The molecule has 0 heterocycles. The van der Waals surface area contributed by atoms with Gasteiger partial charge in [0.25, 0.3) is 0 Å². The number of unbranched alkanes of at least 4 members (excludes halogenated alkanes) is 2. The second-order valence-electron chi connectivity index (χ2n) is 7.78. The predicted molar refractivity (Wildman–Crippen MR) is 116 cm³/mol. The number of hydrogen-bond donors (Lipinski definition) is 0. The summed E-state index contributed by atoms with van der Waals surface area (Å²) >= 11 is 2.48. The first-order valence-corrected chi connectivity index (χ1v) is 12.9. The van der Waals surface area contributed by atoms with Gasteiger partial charge in [0.15, 0.2) is 11.9 Å². The maximum atomic E-state index is 11.7. The Bertz CT molecular complexity index is 410. The Balaban J connectivity index is 1.33. The molecular formula is C21H36O6S2. The number of rotatable bonds is 14. The SMILES string of the molecule is O=C(CCCCCC(=O)OCSOC1CCCCC1)OCSOC1CCCCC1. The Morgan fingerprint density at radius 2 is 1.03 bits per heavy atom. The fourth-order valence-electron chi connectivity index (χ4n) is 3.61. The van der Waals surface area contributed by atoms with Crippen LogP contribution in [-0.2, 0) is 27.4 Å². The first-order valence-electron chi connectivity index (χ1n) is 11.1. The summed E-state index contributed by atoms with van der Waals surface area (Å²) in [5.41, 5.74) is 0. The number of hydrogen-bond acceptors (Lipinski definition) is 8. The molecule has 29 heavy (non-hydrogen) atoms. The lowest BCUT2D eigenvalue weighted by Crippen LogP contribution is -2.14. The van der Waals surface area contributed by atoms with Gasteiger partial charge < -0.3 is 17.8 Å². The summed E-state index contributed by atoms with van der Waals surface area (Å²) in [6.45, 7) is 0. The molecule has 0 radical (unpaired) electrons. The summed E-state index contributed by atoms with van der Waals surface area (Å²) < 4.78 is 21.6. The average Bonchev–Trinajstić information content (AvgIpc) is 2.75. The van der Waals surface area contributed by atoms with Gasteiger partial charge in [-0.25, -0.2) is 0 Å². The van der Waals surface area contributed by atoms with Crippen molar-refractivity contribution >= 4 is 36.0 Å². The first kappa shape index (κ1) is 24.8. The zero-order valence-corrected chi connectivity index (χ0v) is 19.1. The van der Waals surface area contributed by atoms with Crippen molar-refractivity contribution in [1.29, 1.82) is 0 Å². The van der Waals surface area contributed by atoms with Gasteiger partial charge in [0.05, 0.1) is 12.2 Å². The highest BCUT2D eigenvalue weighted by atomic mass is 32.2. The topological polar surface area (TPSA) is 71.1 Å². The van der Waals surface area contributed by atoms with Gasteiger partial charge in [-0.1, -0.05) is 44.9 Å². The third-order valence-electron chi connectivity index (χ3n) is 5.31. The van der Waals surface area contributed by atoms with Crippen LogP contribution < -0.4 is 0 Å². The van der Waals surface area contributed by atoms with Gasteiger partial charge >= 0.3 is 11.9 Å². The van der Waals surface area contributed by atoms with E-state index in [0.29, 0.717) is 25.0 Å². The summed E-state index contributed by atoms with van der Waals surface area (Å²) in [6.07, 6.45) is 15.6. The zero-order chi connectivity index (χ0) is 20.6. The van der Waals surface area contributed by atoms with E-state index in [1.807, 2.05) is 0 Å². The molecule has 2 saturated carbocycles. The van der Waals surface area contributed by atoms with Crippen molar-refractivity contribution in [2.24, 2.45) is 0 Å². The van der Waals surface area contributed by atoms with E-state index < -0.39 is 0 Å². The lowest BCUT2D eigenvalue weighted by Gasteiger charge is -2.20. The van der Waals surface area contributed by atoms with Gasteiger partial charge in [-0.15, -0.1) is 0 Å². The molecule has 2 rings (SSSR count). The molecule has 2 aliphatic rings. The van der Waals surface area contributed by atoms with Crippen LogP contribution in [0, 0.1) is 0 Å². The van der Waals surface area contributed by atoms with Crippen molar-refractivity contribution in [3.63, 3.8) is 0 Å². The maximum Gasteiger partial charge on any atom is 0.306 e. The van der Waals surface area contributed by atoms with Crippen LogP contribution in [0.3, 0.4) is 0 Å². The van der Waals surface area contributed by atoms with Crippen LogP contribution in [0.2, 0.25) is 0 Å². The van der Waals surface area contributed by atoms with Crippen molar-refractivity contribution in [2.45, 2.75) is 109 Å². The number of ether oxygens (including phenoxy) is 2. The van der Waals surface area contributed by atoms with Crippen LogP contribution in [0.25, 0.3) is 0 Å². The minimum Gasteiger partial charge on any atom is -0.452 e. The molecule has 0 aromatic rings. The third kappa shape index (κ3) is 12.8. The molecule has 8 heteroatoms. The molecule has 0 aromatic heterocycles. The van der Waals surface area contributed by atoms with Crippen LogP contribution in [0.4, 0.5) is 0 Å². The number of carbonyl (C=O) groups is 2. The first-order chi connectivity index (χ1) is 14.2. The van der Waals surface area contributed by atoms with Gasteiger partial charge in [-0.2, -0.15) is 0 Å². The highest BCUT2D eigenvalue weighted by molar-refractivity contribution is 7.94. The zero-order valence-electron chi connectivity index (χ0n) is 17.4. The largest absolute Gasteiger partial charge is 0.452 e.